The van der Waals surface area contributed by atoms with E-state index in [1.54, 1.807) is 0 Å². The van der Waals surface area contributed by atoms with Crippen molar-refractivity contribution in [1.29, 1.82) is 0 Å². The van der Waals surface area contributed by atoms with E-state index in [4.69, 9.17) is 11.6 Å². The SMILES string of the molecule is Cc1cccc(N2CCCN(CCCl)CC2)n1. The molecular weight excluding hydrogens is 234 g/mol. The van der Waals surface area contributed by atoms with E-state index in [-0.39, 0.29) is 0 Å². The Morgan fingerprint density at radius 1 is 1.24 bits per heavy atom. The first-order valence-electron chi connectivity index (χ1n) is 6.26. The summed E-state index contributed by atoms with van der Waals surface area (Å²) in [4.78, 5) is 9.40. The Hall–Kier alpha value is -0.800. The van der Waals surface area contributed by atoms with Crippen LogP contribution in [-0.4, -0.2) is 48.5 Å². The molecule has 0 N–H and O–H groups in total. The number of rotatable bonds is 3. The van der Waals surface area contributed by atoms with Gasteiger partial charge < -0.3 is 9.80 Å². The zero-order valence-electron chi connectivity index (χ0n) is 10.4. The van der Waals surface area contributed by atoms with Crippen LogP contribution in [-0.2, 0) is 0 Å². The van der Waals surface area contributed by atoms with E-state index in [2.05, 4.69) is 26.9 Å². The van der Waals surface area contributed by atoms with E-state index >= 15 is 0 Å². The molecule has 0 amide bonds. The van der Waals surface area contributed by atoms with Crippen molar-refractivity contribution in [3.05, 3.63) is 23.9 Å². The predicted octanol–water partition coefficient (Wildman–Crippen LogP) is 2.14. The average molecular weight is 254 g/mol. The molecule has 94 valence electrons. The summed E-state index contributed by atoms with van der Waals surface area (Å²) in [6.45, 7) is 7.41. The van der Waals surface area contributed by atoms with Crippen LogP contribution in [0.5, 0.6) is 0 Å². The largest absolute Gasteiger partial charge is 0.355 e. The number of pyridine rings is 1. The second-order valence-electron chi connectivity index (χ2n) is 4.51. The minimum atomic E-state index is 0.725. The van der Waals surface area contributed by atoms with Crippen molar-refractivity contribution in [1.82, 2.24) is 9.88 Å². The molecule has 0 aliphatic carbocycles. The molecule has 0 radical (unpaired) electrons. The maximum Gasteiger partial charge on any atom is 0.128 e. The van der Waals surface area contributed by atoms with Crippen molar-refractivity contribution in [2.24, 2.45) is 0 Å². The van der Waals surface area contributed by atoms with Gasteiger partial charge in [-0.25, -0.2) is 4.98 Å². The molecular formula is C13H20ClN3. The zero-order valence-corrected chi connectivity index (χ0v) is 11.2. The lowest BCUT2D eigenvalue weighted by Crippen LogP contribution is -2.32. The molecule has 0 saturated carbocycles. The van der Waals surface area contributed by atoms with Crippen LogP contribution in [0, 0.1) is 6.92 Å². The number of alkyl halides is 1. The third-order valence-corrected chi connectivity index (χ3v) is 3.36. The Kier molecular flexibility index (Phi) is 4.63. The fourth-order valence-corrected chi connectivity index (χ4v) is 2.49. The van der Waals surface area contributed by atoms with Crippen LogP contribution in [0.2, 0.25) is 0 Å². The van der Waals surface area contributed by atoms with Crippen LogP contribution < -0.4 is 4.90 Å². The first-order valence-corrected chi connectivity index (χ1v) is 6.80. The van der Waals surface area contributed by atoms with Crippen LogP contribution in [0.1, 0.15) is 12.1 Å². The van der Waals surface area contributed by atoms with Gasteiger partial charge in [0.15, 0.2) is 0 Å². The van der Waals surface area contributed by atoms with Gasteiger partial charge in [-0.05, 0) is 32.0 Å². The summed E-state index contributed by atoms with van der Waals surface area (Å²) in [6, 6.07) is 6.23. The Labute approximate surface area is 108 Å². The van der Waals surface area contributed by atoms with E-state index in [9.17, 15) is 0 Å². The monoisotopic (exact) mass is 253 g/mol. The molecule has 0 bridgehead atoms. The summed E-state index contributed by atoms with van der Waals surface area (Å²) < 4.78 is 0. The van der Waals surface area contributed by atoms with E-state index in [0.29, 0.717) is 0 Å². The van der Waals surface area contributed by atoms with Crippen molar-refractivity contribution >= 4 is 17.4 Å². The van der Waals surface area contributed by atoms with Crippen LogP contribution in [0.15, 0.2) is 18.2 Å². The Bertz CT molecular complexity index is 356. The highest BCUT2D eigenvalue weighted by Gasteiger charge is 2.15. The summed E-state index contributed by atoms with van der Waals surface area (Å²) in [6.07, 6.45) is 1.19. The minimum absolute atomic E-state index is 0.725. The molecule has 2 rings (SSSR count). The molecule has 1 aliphatic heterocycles. The number of hydrogen-bond acceptors (Lipinski definition) is 3. The highest BCUT2D eigenvalue weighted by atomic mass is 35.5. The smallest absolute Gasteiger partial charge is 0.128 e. The van der Waals surface area contributed by atoms with Crippen molar-refractivity contribution in [2.45, 2.75) is 13.3 Å². The van der Waals surface area contributed by atoms with Crippen LogP contribution in [0.25, 0.3) is 0 Å². The molecule has 1 aliphatic rings. The summed E-state index contributed by atoms with van der Waals surface area (Å²) in [5.41, 5.74) is 1.09. The molecule has 0 unspecified atom stereocenters. The molecule has 1 fully saturated rings. The van der Waals surface area contributed by atoms with Gasteiger partial charge in [-0.2, -0.15) is 0 Å². The van der Waals surface area contributed by atoms with E-state index in [1.165, 1.54) is 6.42 Å². The molecule has 3 nitrogen and oxygen atoms in total. The second-order valence-corrected chi connectivity index (χ2v) is 4.89. The molecule has 17 heavy (non-hydrogen) atoms. The normalized spacial score (nSPS) is 18.1. The molecule has 1 aromatic heterocycles. The van der Waals surface area contributed by atoms with Crippen molar-refractivity contribution in [3.8, 4) is 0 Å². The van der Waals surface area contributed by atoms with Crippen molar-refractivity contribution < 1.29 is 0 Å². The van der Waals surface area contributed by atoms with Gasteiger partial charge in [-0.3, -0.25) is 0 Å². The third kappa shape index (κ3) is 3.58. The topological polar surface area (TPSA) is 19.4 Å². The fraction of sp³-hybridized carbons (Fsp3) is 0.615. The minimum Gasteiger partial charge on any atom is -0.355 e. The number of halogens is 1. The Balaban J connectivity index is 1.99. The zero-order chi connectivity index (χ0) is 12.1. The molecule has 0 spiro atoms. The number of anilines is 1. The summed E-state index contributed by atoms with van der Waals surface area (Å²) in [7, 11) is 0. The average Bonchev–Trinajstić information content (AvgIpc) is 2.55. The lowest BCUT2D eigenvalue weighted by molar-refractivity contribution is 0.311. The van der Waals surface area contributed by atoms with E-state index in [1.807, 2.05) is 13.0 Å². The summed E-state index contributed by atoms with van der Waals surface area (Å²) in [5, 5.41) is 0. The first-order chi connectivity index (χ1) is 8.29. The van der Waals surface area contributed by atoms with Crippen molar-refractivity contribution in [2.75, 3.05) is 43.5 Å². The van der Waals surface area contributed by atoms with Gasteiger partial charge in [-0.15, -0.1) is 11.6 Å². The quantitative estimate of drug-likeness (QED) is 0.770. The Morgan fingerprint density at radius 2 is 2.12 bits per heavy atom. The Morgan fingerprint density at radius 3 is 2.88 bits per heavy atom. The molecule has 0 aromatic carbocycles. The highest BCUT2D eigenvalue weighted by molar-refractivity contribution is 6.18. The molecule has 1 saturated heterocycles. The van der Waals surface area contributed by atoms with Crippen molar-refractivity contribution in [3.63, 3.8) is 0 Å². The maximum absolute atomic E-state index is 5.79. The van der Waals surface area contributed by atoms with E-state index in [0.717, 1.165) is 50.1 Å². The summed E-state index contributed by atoms with van der Waals surface area (Å²) in [5.74, 6) is 1.83. The molecule has 0 atom stereocenters. The van der Waals surface area contributed by atoms with Gasteiger partial charge >= 0.3 is 0 Å². The third-order valence-electron chi connectivity index (χ3n) is 3.19. The lowest BCUT2D eigenvalue weighted by Gasteiger charge is -2.22. The van der Waals surface area contributed by atoms with E-state index < -0.39 is 0 Å². The maximum atomic E-state index is 5.79. The molecule has 1 aromatic rings. The molecule has 4 heteroatoms. The van der Waals surface area contributed by atoms with Crippen LogP contribution >= 0.6 is 11.6 Å². The van der Waals surface area contributed by atoms with Gasteiger partial charge in [0.05, 0.1) is 0 Å². The van der Waals surface area contributed by atoms with Gasteiger partial charge in [0.2, 0.25) is 0 Å². The van der Waals surface area contributed by atoms with Gasteiger partial charge in [0.1, 0.15) is 5.82 Å². The second kappa shape index (κ2) is 6.22. The fourth-order valence-electron chi connectivity index (χ4n) is 2.25. The highest BCUT2D eigenvalue weighted by Crippen LogP contribution is 2.14. The number of nitrogens with zero attached hydrogens (tertiary/aromatic N) is 3. The number of aromatic nitrogens is 1. The molecule has 2 heterocycles. The standard InChI is InChI=1S/C13H20ClN3/c1-12-4-2-5-13(15-12)17-8-3-7-16(9-6-14)10-11-17/h2,4-5H,3,6-11H2,1H3. The lowest BCUT2D eigenvalue weighted by atomic mass is 10.3. The number of aryl methyl sites for hydroxylation is 1. The van der Waals surface area contributed by atoms with Crippen LogP contribution in [0.3, 0.4) is 0 Å². The van der Waals surface area contributed by atoms with Gasteiger partial charge in [0, 0.05) is 37.8 Å². The van der Waals surface area contributed by atoms with Crippen LogP contribution in [0.4, 0.5) is 5.82 Å². The van der Waals surface area contributed by atoms with Gasteiger partial charge in [-0.1, -0.05) is 6.07 Å². The summed E-state index contributed by atoms with van der Waals surface area (Å²) >= 11 is 5.79. The predicted molar refractivity (Wildman–Crippen MR) is 73.0 cm³/mol. The first kappa shape index (κ1) is 12.7. The number of hydrogen-bond donors (Lipinski definition) is 0. The van der Waals surface area contributed by atoms with Gasteiger partial charge in [0.25, 0.3) is 0 Å².